The molecule has 0 bridgehead atoms. The fraction of sp³-hybridized carbons (Fsp3) is 0.583. The summed E-state index contributed by atoms with van der Waals surface area (Å²) >= 11 is 4.93. The highest BCUT2D eigenvalue weighted by atomic mass is 32.5. The van der Waals surface area contributed by atoms with Gasteiger partial charge in [0.2, 0.25) is 0 Å². The van der Waals surface area contributed by atoms with Crippen LogP contribution in [-0.4, -0.2) is 43.7 Å². The van der Waals surface area contributed by atoms with E-state index in [0.717, 1.165) is 0 Å². The second kappa shape index (κ2) is 6.39. The molecule has 1 aliphatic heterocycles. The van der Waals surface area contributed by atoms with E-state index in [-0.39, 0.29) is 18.4 Å². The predicted octanol–water partition coefficient (Wildman–Crippen LogP) is 1.35. The molecule has 3 N–H and O–H groups in total. The van der Waals surface area contributed by atoms with Crippen molar-refractivity contribution in [3.8, 4) is 0 Å². The molecule has 9 nitrogen and oxygen atoms in total. The first-order chi connectivity index (χ1) is 10.9. The van der Waals surface area contributed by atoms with Gasteiger partial charge >= 0.3 is 6.72 Å². The number of anilines is 1. The molecule has 2 aromatic rings. The molecule has 2 aromatic heterocycles. The van der Waals surface area contributed by atoms with Gasteiger partial charge in [0.1, 0.15) is 18.1 Å². The van der Waals surface area contributed by atoms with Gasteiger partial charge < -0.3 is 24.4 Å². The zero-order valence-corrected chi connectivity index (χ0v) is 14.4. The van der Waals surface area contributed by atoms with E-state index in [1.807, 2.05) is 6.92 Å². The average molecular weight is 359 g/mol. The number of nitrogens with zero attached hydrogens (tertiary/aromatic N) is 4. The highest BCUT2D eigenvalue weighted by molar-refractivity contribution is 8.07. The summed E-state index contributed by atoms with van der Waals surface area (Å²) in [4.78, 5) is 22.3. The van der Waals surface area contributed by atoms with Crippen LogP contribution in [0.3, 0.4) is 0 Å². The van der Waals surface area contributed by atoms with E-state index in [2.05, 4.69) is 15.0 Å². The van der Waals surface area contributed by atoms with Gasteiger partial charge in [0.25, 0.3) is 0 Å². The van der Waals surface area contributed by atoms with Crippen molar-refractivity contribution in [3.05, 3.63) is 12.7 Å². The molecule has 11 heteroatoms. The van der Waals surface area contributed by atoms with E-state index in [1.54, 1.807) is 10.9 Å². The zero-order chi connectivity index (χ0) is 16.6. The Kier molecular flexibility index (Phi) is 4.63. The van der Waals surface area contributed by atoms with Crippen molar-refractivity contribution in [2.75, 3.05) is 12.8 Å². The van der Waals surface area contributed by atoms with E-state index in [0.29, 0.717) is 29.8 Å². The molecule has 4 atom stereocenters. The quantitative estimate of drug-likeness (QED) is 0.763. The predicted molar refractivity (Wildman–Crippen MR) is 86.9 cm³/mol. The van der Waals surface area contributed by atoms with Crippen LogP contribution in [-0.2, 0) is 25.6 Å². The Labute approximate surface area is 138 Å². The highest BCUT2D eigenvalue weighted by Gasteiger charge is 2.39. The van der Waals surface area contributed by atoms with Crippen molar-refractivity contribution >= 4 is 35.5 Å². The number of aromatic nitrogens is 4. The lowest BCUT2D eigenvalue weighted by molar-refractivity contribution is -0.0163. The van der Waals surface area contributed by atoms with Crippen molar-refractivity contribution in [3.63, 3.8) is 0 Å². The molecular formula is C12H18N5O4PS. The zero-order valence-electron chi connectivity index (χ0n) is 12.7. The van der Waals surface area contributed by atoms with Gasteiger partial charge in [-0.2, -0.15) is 0 Å². The van der Waals surface area contributed by atoms with Crippen LogP contribution in [0.5, 0.6) is 0 Å². The summed E-state index contributed by atoms with van der Waals surface area (Å²) in [6, 6.07) is 0. The molecule has 126 valence electrons. The van der Waals surface area contributed by atoms with Crippen LogP contribution in [0, 0.1) is 0 Å². The minimum atomic E-state index is -3.25. The Morgan fingerprint density at radius 3 is 3.00 bits per heavy atom. The number of hydrogen-bond donors (Lipinski definition) is 2. The number of nitrogen functional groups attached to an aromatic ring is 1. The van der Waals surface area contributed by atoms with Crippen LogP contribution in [0.25, 0.3) is 11.2 Å². The topological polar surface area (TPSA) is 118 Å². The molecule has 0 radical (unpaired) electrons. The Bertz CT molecular complexity index is 756. The van der Waals surface area contributed by atoms with Crippen LogP contribution >= 0.6 is 6.72 Å². The number of nitrogens with two attached hydrogens (primary N) is 1. The molecule has 0 saturated carbocycles. The summed E-state index contributed by atoms with van der Waals surface area (Å²) in [5, 5.41) is 0. The van der Waals surface area contributed by atoms with Crippen molar-refractivity contribution < 1.29 is 18.7 Å². The van der Waals surface area contributed by atoms with Crippen molar-refractivity contribution in [1.82, 2.24) is 19.5 Å². The maximum absolute atomic E-state index is 9.89. The molecule has 3 rings (SSSR count). The number of ether oxygens (including phenoxy) is 1. The fourth-order valence-corrected chi connectivity index (χ4v) is 3.62. The summed E-state index contributed by atoms with van der Waals surface area (Å²) < 4.78 is 18.2. The lowest BCUT2D eigenvalue weighted by atomic mass is 10.1. The second-order valence-corrected chi connectivity index (χ2v) is 8.05. The Morgan fingerprint density at radius 1 is 1.52 bits per heavy atom. The summed E-state index contributed by atoms with van der Waals surface area (Å²) in [5.74, 6) is 0.317. The Balaban J connectivity index is 1.86. The summed E-state index contributed by atoms with van der Waals surface area (Å²) in [6.07, 6.45) is 3.30. The van der Waals surface area contributed by atoms with E-state index in [4.69, 9.17) is 31.3 Å². The summed E-state index contributed by atoms with van der Waals surface area (Å²) in [5.41, 5.74) is 6.92. The molecule has 0 amide bonds. The number of rotatable bonds is 5. The molecule has 1 saturated heterocycles. The number of imidazole rings is 1. The maximum Gasteiger partial charge on any atom is 0.324 e. The van der Waals surface area contributed by atoms with Crippen molar-refractivity contribution in [2.24, 2.45) is 0 Å². The van der Waals surface area contributed by atoms with Crippen LogP contribution in [0.15, 0.2) is 12.7 Å². The van der Waals surface area contributed by atoms with Gasteiger partial charge in [-0.15, -0.1) is 0 Å². The number of hydrogen-bond acceptors (Lipinski definition) is 8. The molecule has 1 fully saturated rings. The third-order valence-corrected chi connectivity index (χ3v) is 5.48. The standard InChI is InChI=1S/C12H18N5O4PS/c1-3-7-8(21-22(18,23)19-2)4-9(20-7)17-6-16-10-11(13)14-5-15-12(10)17/h5-9H,3-4H2,1-2H3,(H,18,23)(H2,13,14,15)/t7-,8?,9-,22?/m1/s1. The third-order valence-electron chi connectivity index (χ3n) is 3.78. The second-order valence-electron chi connectivity index (χ2n) is 5.15. The van der Waals surface area contributed by atoms with Crippen LogP contribution in [0.4, 0.5) is 5.82 Å². The van der Waals surface area contributed by atoms with Crippen LogP contribution in [0.2, 0.25) is 0 Å². The van der Waals surface area contributed by atoms with Gasteiger partial charge in [-0.3, -0.25) is 4.57 Å². The maximum atomic E-state index is 9.89. The van der Waals surface area contributed by atoms with Crippen LogP contribution in [0.1, 0.15) is 26.0 Å². The minimum absolute atomic E-state index is 0.207. The molecule has 23 heavy (non-hydrogen) atoms. The van der Waals surface area contributed by atoms with Crippen LogP contribution < -0.4 is 5.73 Å². The fourth-order valence-electron chi connectivity index (χ4n) is 2.64. The van der Waals surface area contributed by atoms with E-state index < -0.39 is 6.72 Å². The minimum Gasteiger partial charge on any atom is -0.382 e. The molecule has 0 spiro atoms. The normalized spacial score (nSPS) is 27.3. The average Bonchev–Trinajstić information content (AvgIpc) is 3.11. The van der Waals surface area contributed by atoms with Crippen molar-refractivity contribution in [2.45, 2.75) is 38.2 Å². The SMILES string of the molecule is CC[C@H]1O[C@@H](n2cnc3c(N)ncnc32)CC1OP(O)(=S)OC. The molecule has 1 aliphatic rings. The van der Waals surface area contributed by atoms with Gasteiger partial charge in [-0.25, -0.2) is 15.0 Å². The largest absolute Gasteiger partial charge is 0.382 e. The smallest absolute Gasteiger partial charge is 0.324 e. The van der Waals surface area contributed by atoms with Gasteiger partial charge in [0.15, 0.2) is 11.5 Å². The van der Waals surface area contributed by atoms with Gasteiger partial charge in [0, 0.05) is 13.5 Å². The number of fused-ring (bicyclic) bond motifs is 1. The summed E-state index contributed by atoms with van der Waals surface area (Å²) in [7, 11) is 1.33. The third kappa shape index (κ3) is 3.23. The first-order valence-electron chi connectivity index (χ1n) is 7.10. The van der Waals surface area contributed by atoms with E-state index >= 15 is 0 Å². The first kappa shape index (κ1) is 16.7. The molecular weight excluding hydrogens is 341 g/mol. The Hall–Kier alpha value is -1.16. The first-order valence-corrected chi connectivity index (χ1v) is 9.69. The molecule has 3 heterocycles. The van der Waals surface area contributed by atoms with Gasteiger partial charge in [-0.05, 0) is 18.2 Å². The van der Waals surface area contributed by atoms with Gasteiger partial charge in [0.05, 0.1) is 18.5 Å². The molecule has 0 aromatic carbocycles. The molecule has 2 unspecified atom stereocenters. The lowest BCUT2D eigenvalue weighted by Gasteiger charge is -2.21. The van der Waals surface area contributed by atoms with E-state index in [9.17, 15) is 4.89 Å². The monoisotopic (exact) mass is 359 g/mol. The van der Waals surface area contributed by atoms with Gasteiger partial charge in [-0.1, -0.05) is 6.92 Å². The summed E-state index contributed by atoms with van der Waals surface area (Å²) in [6.45, 7) is -1.27. The van der Waals surface area contributed by atoms with E-state index in [1.165, 1.54) is 13.4 Å². The molecule has 0 aliphatic carbocycles. The highest BCUT2D eigenvalue weighted by Crippen LogP contribution is 2.48. The lowest BCUT2D eigenvalue weighted by Crippen LogP contribution is -2.22. The Morgan fingerprint density at radius 2 is 2.30 bits per heavy atom. The van der Waals surface area contributed by atoms with Crippen molar-refractivity contribution in [1.29, 1.82) is 0 Å².